The maximum Gasteiger partial charge on any atom is 0.120 e. The van der Waals surface area contributed by atoms with Crippen molar-refractivity contribution in [2.45, 2.75) is 18.9 Å². The Morgan fingerprint density at radius 2 is 2.21 bits per heavy atom. The number of hydrogen-bond donors (Lipinski definition) is 0. The van der Waals surface area contributed by atoms with Gasteiger partial charge in [-0.15, -0.1) is 0 Å². The summed E-state index contributed by atoms with van der Waals surface area (Å²) in [5.41, 5.74) is 1.33. The van der Waals surface area contributed by atoms with E-state index in [1.807, 2.05) is 6.07 Å². The average Bonchev–Trinajstić information content (AvgIpc) is 2.76. The molecular formula is C12H15NO. The SMILES string of the molecule is COc1cccc(N2CC3CC2C3)c1. The molecule has 1 saturated carbocycles. The van der Waals surface area contributed by atoms with Crippen molar-refractivity contribution < 1.29 is 4.74 Å². The lowest BCUT2D eigenvalue weighted by Crippen LogP contribution is -2.28. The zero-order valence-corrected chi connectivity index (χ0v) is 8.44. The summed E-state index contributed by atoms with van der Waals surface area (Å²) in [5.74, 6) is 1.93. The minimum atomic E-state index is 0.812. The standard InChI is InChI=1S/C12H15NO/c1-14-12-4-2-3-10(7-12)13-8-9-5-11(13)6-9/h2-4,7,9,11H,5-6,8H2,1H3. The van der Waals surface area contributed by atoms with E-state index in [1.165, 1.54) is 25.1 Å². The summed E-state index contributed by atoms with van der Waals surface area (Å²) in [6, 6.07) is 9.21. The third-order valence-electron chi connectivity index (χ3n) is 3.49. The van der Waals surface area contributed by atoms with Crippen LogP contribution in [0.3, 0.4) is 0 Å². The van der Waals surface area contributed by atoms with Crippen molar-refractivity contribution in [3.63, 3.8) is 0 Å². The number of nitrogens with zero attached hydrogens (tertiary/aromatic N) is 1. The Bertz CT molecular complexity index is 344. The Labute approximate surface area is 84.5 Å². The number of hydrogen-bond acceptors (Lipinski definition) is 2. The number of rotatable bonds is 2. The van der Waals surface area contributed by atoms with Crippen LogP contribution in [0, 0.1) is 5.92 Å². The fourth-order valence-electron chi connectivity index (χ4n) is 2.64. The highest BCUT2D eigenvalue weighted by Gasteiger charge is 2.42. The van der Waals surface area contributed by atoms with Crippen molar-refractivity contribution in [1.29, 1.82) is 0 Å². The van der Waals surface area contributed by atoms with Gasteiger partial charge in [-0.3, -0.25) is 0 Å². The lowest BCUT2D eigenvalue weighted by molar-refractivity contribution is 0.380. The minimum Gasteiger partial charge on any atom is -0.497 e. The molecule has 0 N–H and O–H groups in total. The molecule has 2 nitrogen and oxygen atoms in total. The van der Waals surface area contributed by atoms with Gasteiger partial charge in [-0.2, -0.15) is 0 Å². The van der Waals surface area contributed by atoms with Crippen LogP contribution in [-0.2, 0) is 0 Å². The maximum absolute atomic E-state index is 5.24. The number of anilines is 1. The fraction of sp³-hybridized carbons (Fsp3) is 0.500. The second kappa shape index (κ2) is 2.91. The normalized spacial score (nSPS) is 28.8. The van der Waals surface area contributed by atoms with Crippen molar-refractivity contribution >= 4 is 5.69 Å². The Morgan fingerprint density at radius 1 is 1.36 bits per heavy atom. The molecule has 14 heavy (non-hydrogen) atoms. The lowest BCUT2D eigenvalue weighted by atomic mass is 9.86. The molecule has 2 saturated heterocycles. The first-order valence-corrected chi connectivity index (χ1v) is 5.27. The van der Waals surface area contributed by atoms with Gasteiger partial charge in [0.2, 0.25) is 0 Å². The van der Waals surface area contributed by atoms with Gasteiger partial charge in [0.15, 0.2) is 0 Å². The third-order valence-corrected chi connectivity index (χ3v) is 3.49. The molecule has 3 fully saturated rings. The number of fused-ring (bicyclic) bond motifs is 1. The van der Waals surface area contributed by atoms with Crippen LogP contribution >= 0.6 is 0 Å². The van der Waals surface area contributed by atoms with Gasteiger partial charge in [-0.05, 0) is 30.9 Å². The van der Waals surface area contributed by atoms with E-state index in [9.17, 15) is 0 Å². The summed E-state index contributed by atoms with van der Waals surface area (Å²) < 4.78 is 5.24. The molecule has 2 heterocycles. The van der Waals surface area contributed by atoms with E-state index < -0.39 is 0 Å². The Kier molecular flexibility index (Phi) is 1.69. The van der Waals surface area contributed by atoms with Gasteiger partial charge in [-0.1, -0.05) is 6.07 Å². The first-order valence-electron chi connectivity index (χ1n) is 5.27. The largest absolute Gasteiger partial charge is 0.497 e. The van der Waals surface area contributed by atoms with Crippen molar-refractivity contribution in [1.82, 2.24) is 0 Å². The van der Waals surface area contributed by atoms with Crippen LogP contribution in [-0.4, -0.2) is 19.7 Å². The summed E-state index contributed by atoms with van der Waals surface area (Å²) in [6.07, 6.45) is 2.80. The molecule has 3 aliphatic rings. The summed E-state index contributed by atoms with van der Waals surface area (Å²) in [4.78, 5) is 2.52. The van der Waals surface area contributed by atoms with Gasteiger partial charge in [0.1, 0.15) is 5.75 Å². The van der Waals surface area contributed by atoms with Crippen LogP contribution in [0.5, 0.6) is 5.75 Å². The molecule has 2 bridgehead atoms. The summed E-state index contributed by atoms with van der Waals surface area (Å²) in [5, 5.41) is 0. The predicted molar refractivity (Wildman–Crippen MR) is 56.9 cm³/mol. The molecule has 1 aromatic rings. The van der Waals surface area contributed by atoms with Gasteiger partial charge >= 0.3 is 0 Å². The molecule has 0 unspecified atom stereocenters. The highest BCUT2D eigenvalue weighted by Crippen LogP contribution is 2.43. The zero-order chi connectivity index (χ0) is 9.54. The zero-order valence-electron chi connectivity index (χ0n) is 8.44. The Balaban J connectivity index is 1.88. The monoisotopic (exact) mass is 189 g/mol. The van der Waals surface area contributed by atoms with E-state index in [1.54, 1.807) is 7.11 Å². The van der Waals surface area contributed by atoms with Gasteiger partial charge in [0.05, 0.1) is 7.11 Å². The number of benzene rings is 1. The highest BCUT2D eigenvalue weighted by molar-refractivity contribution is 5.53. The van der Waals surface area contributed by atoms with Crippen molar-refractivity contribution in [2.75, 3.05) is 18.6 Å². The van der Waals surface area contributed by atoms with E-state index in [-0.39, 0.29) is 0 Å². The van der Waals surface area contributed by atoms with Crippen LogP contribution < -0.4 is 9.64 Å². The smallest absolute Gasteiger partial charge is 0.120 e. The van der Waals surface area contributed by atoms with Crippen LogP contribution in [0.1, 0.15) is 12.8 Å². The van der Waals surface area contributed by atoms with Crippen molar-refractivity contribution in [2.24, 2.45) is 5.92 Å². The highest BCUT2D eigenvalue weighted by atomic mass is 16.5. The van der Waals surface area contributed by atoms with Crippen LogP contribution in [0.2, 0.25) is 0 Å². The Morgan fingerprint density at radius 3 is 2.86 bits per heavy atom. The molecule has 2 heteroatoms. The molecule has 1 aromatic carbocycles. The molecule has 4 rings (SSSR count). The van der Waals surface area contributed by atoms with E-state index in [0.29, 0.717) is 0 Å². The van der Waals surface area contributed by atoms with Crippen LogP contribution in [0.4, 0.5) is 5.69 Å². The molecule has 0 radical (unpaired) electrons. The van der Waals surface area contributed by atoms with E-state index in [4.69, 9.17) is 4.74 Å². The minimum absolute atomic E-state index is 0.812. The predicted octanol–water partition coefficient (Wildman–Crippen LogP) is 2.29. The summed E-state index contributed by atoms with van der Waals surface area (Å²) in [7, 11) is 1.73. The van der Waals surface area contributed by atoms with E-state index >= 15 is 0 Å². The molecule has 0 atom stereocenters. The molecule has 74 valence electrons. The second-order valence-electron chi connectivity index (χ2n) is 4.35. The van der Waals surface area contributed by atoms with Crippen molar-refractivity contribution in [3.8, 4) is 5.75 Å². The first kappa shape index (κ1) is 8.16. The van der Waals surface area contributed by atoms with E-state index in [2.05, 4.69) is 23.1 Å². The fourth-order valence-corrected chi connectivity index (χ4v) is 2.64. The summed E-state index contributed by atoms with van der Waals surface area (Å²) >= 11 is 0. The Hall–Kier alpha value is -1.18. The topological polar surface area (TPSA) is 12.5 Å². The van der Waals surface area contributed by atoms with Gasteiger partial charge in [-0.25, -0.2) is 0 Å². The average molecular weight is 189 g/mol. The van der Waals surface area contributed by atoms with E-state index in [0.717, 1.165) is 17.7 Å². The van der Waals surface area contributed by atoms with Gasteiger partial charge in [0.25, 0.3) is 0 Å². The quantitative estimate of drug-likeness (QED) is 0.707. The maximum atomic E-state index is 5.24. The molecule has 1 aliphatic carbocycles. The van der Waals surface area contributed by atoms with Gasteiger partial charge < -0.3 is 9.64 Å². The van der Waals surface area contributed by atoms with Crippen LogP contribution in [0.25, 0.3) is 0 Å². The lowest BCUT2D eigenvalue weighted by Gasteiger charge is -2.27. The number of methoxy groups -OCH3 is 1. The summed E-state index contributed by atoms with van der Waals surface area (Å²) in [6.45, 7) is 1.25. The first-order chi connectivity index (χ1) is 6.86. The van der Waals surface area contributed by atoms with Crippen molar-refractivity contribution in [3.05, 3.63) is 24.3 Å². The molecule has 0 spiro atoms. The number of ether oxygens (including phenoxy) is 1. The second-order valence-corrected chi connectivity index (χ2v) is 4.35. The molecular weight excluding hydrogens is 174 g/mol. The molecule has 0 amide bonds. The molecule has 2 aliphatic heterocycles. The van der Waals surface area contributed by atoms with Crippen LogP contribution in [0.15, 0.2) is 24.3 Å². The third kappa shape index (κ3) is 1.10. The molecule has 0 aromatic heterocycles. The van der Waals surface area contributed by atoms with Gasteiger partial charge in [0, 0.05) is 24.3 Å².